The van der Waals surface area contributed by atoms with Gasteiger partial charge < -0.3 is 5.43 Å². The van der Waals surface area contributed by atoms with E-state index in [4.69, 9.17) is 0 Å². The van der Waals surface area contributed by atoms with Gasteiger partial charge in [-0.05, 0) is 32.0 Å². The predicted molar refractivity (Wildman–Crippen MR) is 89.4 cm³/mol. The summed E-state index contributed by atoms with van der Waals surface area (Å²) in [4.78, 5) is 2.59. The summed E-state index contributed by atoms with van der Waals surface area (Å²) in [5.41, 5.74) is 5.65. The molecular formula is C16H16N4O2S. The third-order valence-corrected chi connectivity index (χ3v) is 4.75. The molecule has 0 aliphatic heterocycles. The lowest BCUT2D eigenvalue weighted by atomic mass is 10.2. The number of nitrogens with zero attached hydrogens (tertiary/aromatic N) is 2. The molecule has 1 heterocycles. The Kier molecular flexibility index (Phi) is 3.97. The van der Waals surface area contributed by atoms with E-state index in [0.717, 1.165) is 10.9 Å². The number of nitrogens with one attached hydrogen (secondary N) is 2. The molecule has 3 aromatic rings. The van der Waals surface area contributed by atoms with Gasteiger partial charge in [0, 0.05) is 5.39 Å². The largest absolute Gasteiger partial charge is 0.305 e. The second-order valence-electron chi connectivity index (χ2n) is 5.22. The molecule has 0 fully saturated rings. The molecule has 2 aromatic carbocycles. The number of sulfonamides is 1. The third-order valence-electron chi connectivity index (χ3n) is 3.48. The minimum atomic E-state index is -3.67. The molecule has 7 heteroatoms. The van der Waals surface area contributed by atoms with Gasteiger partial charge in [0.05, 0.1) is 21.8 Å². The lowest BCUT2D eigenvalue weighted by Gasteiger charge is -2.13. The molecule has 0 unspecified atom stereocenters. The van der Waals surface area contributed by atoms with Crippen LogP contribution in [0, 0.1) is 13.8 Å². The van der Waals surface area contributed by atoms with Crippen molar-refractivity contribution in [3.8, 4) is 0 Å². The lowest BCUT2D eigenvalue weighted by Crippen LogP contribution is -2.30. The second kappa shape index (κ2) is 5.94. The molecule has 0 radical (unpaired) electrons. The summed E-state index contributed by atoms with van der Waals surface area (Å²) in [6.45, 7) is 3.67. The first-order chi connectivity index (χ1) is 11.0. The number of hydrogen-bond donors (Lipinski definition) is 2. The van der Waals surface area contributed by atoms with Gasteiger partial charge in [0.15, 0.2) is 0 Å². The molecule has 0 aliphatic rings. The molecular weight excluding hydrogens is 312 g/mol. The summed E-state index contributed by atoms with van der Waals surface area (Å²) < 4.78 is 24.7. The topological polar surface area (TPSA) is 84.0 Å². The van der Waals surface area contributed by atoms with Crippen molar-refractivity contribution in [2.45, 2.75) is 18.7 Å². The van der Waals surface area contributed by atoms with Crippen molar-refractivity contribution in [3.05, 3.63) is 59.8 Å². The Labute approximate surface area is 134 Å². The van der Waals surface area contributed by atoms with Crippen LogP contribution >= 0.6 is 0 Å². The number of benzene rings is 2. The van der Waals surface area contributed by atoms with Gasteiger partial charge in [-0.1, -0.05) is 35.9 Å². The monoisotopic (exact) mass is 328 g/mol. The lowest BCUT2D eigenvalue weighted by molar-refractivity contribution is 0.587. The smallest absolute Gasteiger partial charge is 0.257 e. The van der Waals surface area contributed by atoms with Crippen molar-refractivity contribution < 1.29 is 8.42 Å². The Morgan fingerprint density at radius 2 is 1.61 bits per heavy atom. The molecule has 0 saturated heterocycles. The zero-order valence-corrected chi connectivity index (χ0v) is 13.6. The highest BCUT2D eigenvalue weighted by Gasteiger charge is 2.15. The summed E-state index contributed by atoms with van der Waals surface area (Å²) in [6.07, 6.45) is 0. The minimum Gasteiger partial charge on any atom is -0.305 e. The fourth-order valence-corrected chi connectivity index (χ4v) is 3.05. The predicted octanol–water partition coefficient (Wildman–Crippen LogP) is 2.55. The van der Waals surface area contributed by atoms with Crippen LogP contribution in [0.15, 0.2) is 53.4 Å². The quantitative estimate of drug-likeness (QED) is 0.719. The Balaban J connectivity index is 1.91. The Morgan fingerprint density at radius 1 is 0.913 bits per heavy atom. The van der Waals surface area contributed by atoms with Crippen molar-refractivity contribution in [3.63, 3.8) is 0 Å². The maximum atomic E-state index is 12.4. The summed E-state index contributed by atoms with van der Waals surface area (Å²) in [5.74, 6) is 0. The average molecular weight is 328 g/mol. The van der Waals surface area contributed by atoms with Crippen LogP contribution in [0.25, 0.3) is 10.9 Å². The van der Waals surface area contributed by atoms with Gasteiger partial charge in [-0.2, -0.15) is 10.2 Å². The van der Waals surface area contributed by atoms with E-state index in [1.807, 2.05) is 31.2 Å². The van der Waals surface area contributed by atoms with Crippen molar-refractivity contribution >= 4 is 26.6 Å². The summed E-state index contributed by atoms with van der Waals surface area (Å²) in [7, 11) is -3.67. The third kappa shape index (κ3) is 3.15. The van der Waals surface area contributed by atoms with E-state index in [0.29, 0.717) is 16.9 Å². The van der Waals surface area contributed by atoms with E-state index in [1.165, 1.54) is 0 Å². The van der Waals surface area contributed by atoms with Crippen LogP contribution in [-0.2, 0) is 10.0 Å². The Hall–Kier alpha value is -2.51. The molecule has 6 nitrogen and oxygen atoms in total. The molecule has 2 N–H and O–H groups in total. The van der Waals surface area contributed by atoms with Crippen molar-refractivity contribution in [1.29, 1.82) is 0 Å². The number of rotatable bonds is 4. The maximum absolute atomic E-state index is 12.4. The molecule has 0 bridgehead atoms. The zero-order chi connectivity index (χ0) is 16.4. The first-order valence-corrected chi connectivity index (χ1v) is 8.52. The standard InChI is InChI=1S/C16H16N4O2S/c1-11-7-9-13(10-8-11)23(21,22)20-19-16-12(2)17-18-15-6-4-3-5-14(15)16/h3-10,20H,1-2H3,(H,18,19). The highest BCUT2D eigenvalue weighted by atomic mass is 32.2. The number of hydrogen-bond acceptors (Lipinski definition) is 5. The van der Waals surface area contributed by atoms with Gasteiger partial charge in [-0.15, -0.1) is 4.83 Å². The van der Waals surface area contributed by atoms with E-state index in [1.54, 1.807) is 31.2 Å². The Bertz CT molecular complexity index is 953. The molecule has 0 amide bonds. The Morgan fingerprint density at radius 3 is 2.35 bits per heavy atom. The minimum absolute atomic E-state index is 0.194. The highest BCUT2D eigenvalue weighted by molar-refractivity contribution is 7.89. The highest BCUT2D eigenvalue weighted by Crippen LogP contribution is 2.23. The summed E-state index contributed by atoms with van der Waals surface area (Å²) >= 11 is 0. The summed E-state index contributed by atoms with van der Waals surface area (Å²) in [5, 5.41) is 8.93. The number of aryl methyl sites for hydroxylation is 2. The fourth-order valence-electron chi connectivity index (χ4n) is 2.20. The van der Waals surface area contributed by atoms with Gasteiger partial charge in [0.2, 0.25) is 0 Å². The van der Waals surface area contributed by atoms with Crippen LogP contribution < -0.4 is 10.3 Å². The average Bonchev–Trinajstić information content (AvgIpc) is 2.54. The summed E-state index contributed by atoms with van der Waals surface area (Å²) in [6, 6.07) is 14.0. The fraction of sp³-hybridized carbons (Fsp3) is 0.125. The molecule has 0 aliphatic carbocycles. The molecule has 0 saturated carbocycles. The normalized spacial score (nSPS) is 11.6. The van der Waals surface area contributed by atoms with Crippen molar-refractivity contribution in [1.82, 2.24) is 15.0 Å². The first kappa shape index (κ1) is 15.4. The molecule has 1 aromatic heterocycles. The van der Waals surface area contributed by atoms with Crippen LogP contribution in [0.2, 0.25) is 0 Å². The zero-order valence-electron chi connectivity index (χ0n) is 12.7. The number of anilines is 1. The van der Waals surface area contributed by atoms with E-state index in [9.17, 15) is 8.42 Å². The van der Waals surface area contributed by atoms with Gasteiger partial charge in [-0.3, -0.25) is 0 Å². The van der Waals surface area contributed by atoms with Crippen molar-refractivity contribution in [2.75, 3.05) is 5.43 Å². The van der Waals surface area contributed by atoms with Crippen LogP contribution in [0.3, 0.4) is 0 Å². The van der Waals surface area contributed by atoms with Crippen LogP contribution in [0.1, 0.15) is 11.3 Å². The van der Waals surface area contributed by atoms with Crippen molar-refractivity contribution in [2.24, 2.45) is 0 Å². The SMILES string of the molecule is Cc1ccc(S(=O)(=O)NNc2c(C)nnc3ccccc23)cc1. The number of aromatic nitrogens is 2. The number of fused-ring (bicyclic) bond motifs is 1. The number of hydrazine groups is 1. The molecule has 118 valence electrons. The van der Waals surface area contributed by atoms with Gasteiger partial charge in [0.1, 0.15) is 0 Å². The van der Waals surface area contributed by atoms with Crippen LogP contribution in [0.5, 0.6) is 0 Å². The van der Waals surface area contributed by atoms with E-state index >= 15 is 0 Å². The molecule has 23 heavy (non-hydrogen) atoms. The van der Waals surface area contributed by atoms with Crippen LogP contribution in [-0.4, -0.2) is 18.6 Å². The van der Waals surface area contributed by atoms with Gasteiger partial charge in [-0.25, -0.2) is 8.42 Å². The van der Waals surface area contributed by atoms with E-state index in [2.05, 4.69) is 20.5 Å². The van der Waals surface area contributed by atoms with E-state index < -0.39 is 10.0 Å². The molecule has 3 rings (SSSR count). The maximum Gasteiger partial charge on any atom is 0.257 e. The second-order valence-corrected chi connectivity index (χ2v) is 6.90. The molecule has 0 atom stereocenters. The van der Waals surface area contributed by atoms with Gasteiger partial charge >= 0.3 is 0 Å². The van der Waals surface area contributed by atoms with Crippen LogP contribution in [0.4, 0.5) is 5.69 Å². The van der Waals surface area contributed by atoms with E-state index in [-0.39, 0.29) is 4.90 Å². The first-order valence-electron chi connectivity index (χ1n) is 7.04. The molecule has 0 spiro atoms. The van der Waals surface area contributed by atoms with Gasteiger partial charge in [0.25, 0.3) is 10.0 Å².